The molecule has 0 bridgehead atoms. The van der Waals surface area contributed by atoms with Crippen LogP contribution < -0.4 is 8.85 Å². The minimum atomic E-state index is -3.12. The summed E-state index contributed by atoms with van der Waals surface area (Å²) in [5, 5.41) is -0.399. The average molecular weight is 799 g/mol. The highest BCUT2D eigenvalue weighted by atomic mass is 28.4. The van der Waals surface area contributed by atoms with Gasteiger partial charge in [0.1, 0.15) is 22.6 Å². The Balaban J connectivity index is 4.25. The van der Waals surface area contributed by atoms with E-state index in [0.29, 0.717) is 12.1 Å². The topological polar surface area (TPSA) is 89.5 Å². The third-order valence-corrected chi connectivity index (χ3v) is 24.6. The molecule has 0 saturated carbocycles. The minimum absolute atomic E-state index is 0.157. The van der Waals surface area contributed by atoms with E-state index in [9.17, 15) is 9.59 Å². The molecule has 1 rings (SSSR count). The van der Waals surface area contributed by atoms with Crippen LogP contribution >= 0.6 is 0 Å². The molecule has 0 heterocycles. The molecule has 1 aromatic carbocycles. The molecule has 302 valence electrons. The lowest BCUT2D eigenvalue weighted by Gasteiger charge is -2.40. The minimum Gasteiger partial charge on any atom is -0.543 e. The molecule has 52 heavy (non-hydrogen) atoms. The van der Waals surface area contributed by atoms with Crippen LogP contribution in [0.5, 0.6) is 11.5 Å². The van der Waals surface area contributed by atoms with E-state index < -0.39 is 56.9 Å². The van der Waals surface area contributed by atoms with Gasteiger partial charge in [0.25, 0.3) is 16.6 Å². The highest BCUT2D eigenvalue weighted by molar-refractivity contribution is 6.75. The maximum atomic E-state index is 14.6. The van der Waals surface area contributed by atoms with Crippen molar-refractivity contribution in [3.8, 4) is 11.5 Å². The molecular formula is C40H78O8Si4. The zero-order valence-corrected chi connectivity index (χ0v) is 41.8. The number of carbonyl (C=O) groups is 2. The van der Waals surface area contributed by atoms with Crippen molar-refractivity contribution in [3.63, 3.8) is 0 Å². The molecule has 0 spiro atoms. The van der Waals surface area contributed by atoms with Crippen molar-refractivity contribution in [1.29, 1.82) is 0 Å². The normalized spacial score (nSPS) is 16.5. The molecule has 0 radical (unpaired) electrons. The Morgan fingerprint density at radius 2 is 0.731 bits per heavy atom. The number of rotatable bonds is 12. The van der Waals surface area contributed by atoms with Crippen LogP contribution in [0.2, 0.25) is 61.4 Å². The standard InChI is InChI=1S/C40H78O8Si4/c1-35(2,3)27-51(23,47-37(7,8)9)45-33(41)29-25-32(44-50(21,22)40(16,17)18)30(26-31(29)43-49(19,20)39(13,14)15)34(42)46-52(24,28-36(4,5)6)48-38(10,11)12/h25-26H,27-28H2,1-24H3. The van der Waals surface area contributed by atoms with Crippen LogP contribution in [0.4, 0.5) is 0 Å². The second-order valence-electron chi connectivity index (χ2n) is 22.5. The van der Waals surface area contributed by atoms with Crippen LogP contribution in [-0.4, -0.2) is 56.9 Å². The highest BCUT2D eigenvalue weighted by Gasteiger charge is 2.47. The van der Waals surface area contributed by atoms with Crippen LogP contribution in [0.15, 0.2) is 12.1 Å². The second kappa shape index (κ2) is 15.6. The average Bonchev–Trinajstić information content (AvgIpc) is 2.77. The molecule has 0 amide bonds. The predicted molar refractivity (Wildman–Crippen MR) is 226 cm³/mol. The Hall–Kier alpha value is -1.45. The fraction of sp³-hybridized carbons (Fsp3) is 0.800. The second-order valence-corrected chi connectivity index (χ2v) is 38.0. The van der Waals surface area contributed by atoms with Gasteiger partial charge in [-0.1, -0.05) is 83.1 Å². The zero-order valence-electron chi connectivity index (χ0n) is 37.8. The van der Waals surface area contributed by atoms with Crippen LogP contribution in [0, 0.1) is 10.8 Å². The molecule has 0 aliphatic heterocycles. The van der Waals surface area contributed by atoms with Crippen LogP contribution in [0.1, 0.15) is 145 Å². The summed E-state index contributed by atoms with van der Waals surface area (Å²) in [6.45, 7) is 49.8. The molecule has 2 atom stereocenters. The fourth-order valence-electron chi connectivity index (χ4n) is 5.81. The Labute approximate surface area is 323 Å². The lowest BCUT2D eigenvalue weighted by Crippen LogP contribution is -2.49. The molecule has 1 aromatic rings. The third-order valence-electron chi connectivity index (χ3n) is 9.23. The predicted octanol–water partition coefficient (Wildman–Crippen LogP) is 12.6. The van der Waals surface area contributed by atoms with Gasteiger partial charge in [0.15, 0.2) is 0 Å². The van der Waals surface area contributed by atoms with E-state index in [1.807, 2.05) is 54.6 Å². The maximum Gasteiger partial charge on any atom is 0.399 e. The van der Waals surface area contributed by atoms with Crippen molar-refractivity contribution in [2.45, 2.75) is 197 Å². The van der Waals surface area contributed by atoms with Crippen molar-refractivity contribution >= 4 is 45.7 Å². The summed E-state index contributed by atoms with van der Waals surface area (Å²) in [5.74, 6) is -0.548. The quantitative estimate of drug-likeness (QED) is 0.193. The van der Waals surface area contributed by atoms with E-state index in [1.54, 1.807) is 12.1 Å². The molecule has 0 aliphatic rings. The van der Waals surface area contributed by atoms with E-state index >= 15 is 0 Å². The van der Waals surface area contributed by atoms with Gasteiger partial charge in [0.2, 0.25) is 0 Å². The molecule has 8 nitrogen and oxygen atoms in total. The highest BCUT2D eigenvalue weighted by Crippen LogP contribution is 2.44. The summed E-state index contributed by atoms with van der Waals surface area (Å²) in [7, 11) is -11.3. The van der Waals surface area contributed by atoms with Gasteiger partial charge in [-0.3, -0.25) is 0 Å². The van der Waals surface area contributed by atoms with Crippen molar-refractivity contribution in [2.75, 3.05) is 0 Å². The smallest absolute Gasteiger partial charge is 0.399 e. The first-order valence-electron chi connectivity index (χ1n) is 18.9. The molecule has 12 heteroatoms. The molecule has 0 saturated heterocycles. The largest absolute Gasteiger partial charge is 0.543 e. The third kappa shape index (κ3) is 15.4. The van der Waals surface area contributed by atoms with Crippen LogP contribution in [0.3, 0.4) is 0 Å². The summed E-state index contributed by atoms with van der Waals surface area (Å²) in [4.78, 5) is 29.2. The van der Waals surface area contributed by atoms with E-state index in [0.717, 1.165) is 0 Å². The number of hydrogen-bond donors (Lipinski definition) is 0. The van der Waals surface area contributed by atoms with E-state index in [1.165, 1.54) is 0 Å². The summed E-state index contributed by atoms with van der Waals surface area (Å²) in [6.07, 6.45) is 0. The van der Waals surface area contributed by atoms with Gasteiger partial charge in [0.05, 0.1) is 11.2 Å². The van der Waals surface area contributed by atoms with E-state index in [2.05, 4.69) is 109 Å². The Morgan fingerprint density at radius 1 is 0.481 bits per heavy atom. The summed E-state index contributed by atoms with van der Waals surface area (Å²) in [5.41, 5.74) is -0.959. The van der Waals surface area contributed by atoms with E-state index in [4.69, 9.17) is 26.6 Å². The van der Waals surface area contributed by atoms with E-state index in [-0.39, 0.29) is 43.5 Å². The first-order valence-corrected chi connectivity index (χ1v) is 29.8. The summed E-state index contributed by atoms with van der Waals surface area (Å²) < 4.78 is 40.0. The lowest BCUT2D eigenvalue weighted by atomic mass is 10.0. The SMILES string of the molecule is CC(C)(C)C[Si](C)(OC(=O)c1cc(O[Si](C)(C)C(C)(C)C)c(C(=O)O[Si](C)(CC(C)(C)C)OC(C)(C)C)cc1O[Si](C)(C)C(C)(C)C)OC(C)(C)C. The molecule has 0 N–H and O–H groups in total. The van der Waals surface area contributed by atoms with Crippen molar-refractivity contribution in [1.82, 2.24) is 0 Å². The molecule has 0 aliphatic carbocycles. The van der Waals surface area contributed by atoms with Crippen molar-refractivity contribution in [3.05, 3.63) is 23.3 Å². The Kier molecular flexibility index (Phi) is 14.6. The number of hydrogen-bond acceptors (Lipinski definition) is 8. The molecular weight excluding hydrogens is 721 g/mol. The van der Waals surface area contributed by atoms with Gasteiger partial charge < -0.3 is 26.6 Å². The van der Waals surface area contributed by atoms with Gasteiger partial charge in [-0.05, 0) is 114 Å². The summed E-state index contributed by atoms with van der Waals surface area (Å²) >= 11 is 0. The van der Waals surface area contributed by atoms with Gasteiger partial charge >= 0.3 is 29.1 Å². The first kappa shape index (κ1) is 48.6. The molecule has 0 aromatic heterocycles. The van der Waals surface area contributed by atoms with Gasteiger partial charge in [-0.25, -0.2) is 9.59 Å². The van der Waals surface area contributed by atoms with Crippen LogP contribution in [0.25, 0.3) is 0 Å². The molecule has 2 unspecified atom stereocenters. The van der Waals surface area contributed by atoms with Crippen molar-refractivity contribution in [2.24, 2.45) is 10.8 Å². The molecule has 0 fully saturated rings. The van der Waals surface area contributed by atoms with Gasteiger partial charge in [0, 0.05) is 12.1 Å². The number of benzene rings is 1. The first-order chi connectivity index (χ1) is 22.5. The van der Waals surface area contributed by atoms with Crippen molar-refractivity contribution < 1.29 is 36.1 Å². The Morgan fingerprint density at radius 3 is 0.923 bits per heavy atom. The fourth-order valence-corrected chi connectivity index (χ4v) is 15.7. The Bertz CT molecular complexity index is 1270. The zero-order chi connectivity index (χ0) is 41.5. The summed E-state index contributed by atoms with van der Waals surface area (Å²) in [6, 6.07) is 4.48. The maximum absolute atomic E-state index is 14.6. The number of carbonyl (C=O) groups excluding carboxylic acids is 2. The van der Waals surface area contributed by atoms with Crippen LogP contribution in [-0.2, 0) is 17.7 Å². The monoisotopic (exact) mass is 798 g/mol. The van der Waals surface area contributed by atoms with Gasteiger partial charge in [-0.2, -0.15) is 0 Å². The lowest BCUT2D eigenvalue weighted by molar-refractivity contribution is 0.0423. The van der Waals surface area contributed by atoms with Gasteiger partial charge in [-0.15, -0.1) is 0 Å².